The Morgan fingerprint density at radius 2 is 2.33 bits per heavy atom. The maximum Gasteiger partial charge on any atom is 0.157 e. The summed E-state index contributed by atoms with van der Waals surface area (Å²) in [6, 6.07) is 3.25. The summed E-state index contributed by atoms with van der Waals surface area (Å²) in [7, 11) is 0. The normalized spacial score (nSPS) is 32.0. The van der Waals surface area contributed by atoms with E-state index in [0.29, 0.717) is 25.3 Å². The van der Waals surface area contributed by atoms with E-state index < -0.39 is 0 Å². The number of nitrogens with one attached hydrogen (secondary N) is 2. The zero-order chi connectivity index (χ0) is 14.1. The monoisotopic (exact) mass is 289 g/mol. The molecule has 0 spiro atoms. The van der Waals surface area contributed by atoms with Gasteiger partial charge in [0.15, 0.2) is 5.75 Å². The molecule has 1 saturated carbocycles. The van der Waals surface area contributed by atoms with Crippen molar-refractivity contribution in [1.29, 1.82) is 0 Å². The highest BCUT2D eigenvalue weighted by Gasteiger charge is 2.37. The van der Waals surface area contributed by atoms with Crippen LogP contribution < -0.4 is 10.1 Å². The van der Waals surface area contributed by atoms with Gasteiger partial charge in [0.1, 0.15) is 6.10 Å². The van der Waals surface area contributed by atoms with Crippen LogP contribution >= 0.6 is 0 Å². The summed E-state index contributed by atoms with van der Waals surface area (Å²) in [6.07, 6.45) is 9.57. The highest BCUT2D eigenvalue weighted by molar-refractivity contribution is 5.12. The number of hydrogen-bond donors (Lipinski definition) is 2. The molecule has 0 unspecified atom stereocenters. The fourth-order valence-corrected chi connectivity index (χ4v) is 3.02. The Morgan fingerprint density at radius 1 is 1.38 bits per heavy atom. The van der Waals surface area contributed by atoms with Crippen molar-refractivity contribution < 1.29 is 9.47 Å². The fourth-order valence-electron chi connectivity index (χ4n) is 3.02. The quantitative estimate of drug-likeness (QED) is 0.849. The summed E-state index contributed by atoms with van der Waals surface area (Å²) in [5.74, 6) is 0.764. The van der Waals surface area contributed by atoms with Gasteiger partial charge in [0, 0.05) is 18.4 Å². The maximum atomic E-state index is 5.90. The summed E-state index contributed by atoms with van der Waals surface area (Å²) in [5, 5.41) is 14.6. The van der Waals surface area contributed by atoms with Crippen LogP contribution in [0.15, 0.2) is 30.9 Å². The van der Waals surface area contributed by atoms with Gasteiger partial charge in [-0.2, -0.15) is 10.2 Å². The van der Waals surface area contributed by atoms with E-state index in [1.807, 2.05) is 23.1 Å². The van der Waals surface area contributed by atoms with Crippen LogP contribution in [0, 0.1) is 0 Å². The third kappa shape index (κ3) is 2.66. The van der Waals surface area contributed by atoms with Gasteiger partial charge in [-0.3, -0.25) is 9.78 Å². The molecule has 2 fully saturated rings. The maximum absolute atomic E-state index is 5.90. The van der Waals surface area contributed by atoms with Crippen molar-refractivity contribution in [2.45, 2.75) is 37.1 Å². The van der Waals surface area contributed by atoms with Crippen molar-refractivity contribution in [3.63, 3.8) is 0 Å². The number of nitrogens with zero attached hydrogens (tertiary/aromatic N) is 3. The minimum Gasteiger partial charge on any atom is -0.483 e. The second kappa shape index (κ2) is 5.50. The Kier molecular flexibility index (Phi) is 3.36. The molecular formula is C14H19N5O2. The number of H-pyrrole nitrogens is 1. The lowest BCUT2D eigenvalue weighted by molar-refractivity contribution is 0.132. The SMILES string of the molecule is c1cnn(C2CC(N[C@H]3COC[C@H]3Oc3cn[nH]c3)C2)c1. The molecule has 112 valence electrons. The van der Waals surface area contributed by atoms with Crippen LogP contribution in [0.1, 0.15) is 18.9 Å². The van der Waals surface area contributed by atoms with Crippen LogP contribution in [0.2, 0.25) is 0 Å². The van der Waals surface area contributed by atoms with Crippen LogP contribution in [-0.4, -0.2) is 51.4 Å². The molecule has 0 amide bonds. The van der Waals surface area contributed by atoms with Gasteiger partial charge in [0.2, 0.25) is 0 Å². The van der Waals surface area contributed by atoms with Crippen molar-refractivity contribution in [2.75, 3.05) is 13.2 Å². The lowest BCUT2D eigenvalue weighted by Crippen LogP contribution is -2.52. The zero-order valence-corrected chi connectivity index (χ0v) is 11.7. The van der Waals surface area contributed by atoms with Crippen molar-refractivity contribution in [2.24, 2.45) is 0 Å². The van der Waals surface area contributed by atoms with Crippen molar-refractivity contribution in [1.82, 2.24) is 25.3 Å². The number of ether oxygens (including phenoxy) is 2. The molecule has 1 aliphatic carbocycles. The minimum atomic E-state index is 0.0475. The second-order valence-electron chi connectivity index (χ2n) is 5.71. The van der Waals surface area contributed by atoms with E-state index in [1.54, 1.807) is 12.4 Å². The molecule has 1 aliphatic heterocycles. The zero-order valence-electron chi connectivity index (χ0n) is 11.7. The highest BCUT2D eigenvalue weighted by atomic mass is 16.5. The number of aromatic amines is 1. The average Bonchev–Trinajstić information content (AvgIpc) is 3.17. The summed E-state index contributed by atoms with van der Waals surface area (Å²) in [5.41, 5.74) is 0. The van der Waals surface area contributed by atoms with Gasteiger partial charge >= 0.3 is 0 Å². The van der Waals surface area contributed by atoms with Gasteiger partial charge < -0.3 is 14.8 Å². The predicted octanol–water partition coefficient (Wildman–Crippen LogP) is 0.746. The Hall–Kier alpha value is -1.86. The van der Waals surface area contributed by atoms with E-state index >= 15 is 0 Å². The molecule has 21 heavy (non-hydrogen) atoms. The molecule has 2 aromatic rings. The van der Waals surface area contributed by atoms with E-state index in [2.05, 4.69) is 20.6 Å². The highest BCUT2D eigenvalue weighted by Crippen LogP contribution is 2.32. The van der Waals surface area contributed by atoms with Gasteiger partial charge in [-0.15, -0.1) is 0 Å². The molecule has 1 saturated heterocycles. The largest absolute Gasteiger partial charge is 0.483 e. The molecule has 2 N–H and O–H groups in total. The molecule has 0 aromatic carbocycles. The summed E-state index contributed by atoms with van der Waals surface area (Å²) in [4.78, 5) is 0. The van der Waals surface area contributed by atoms with Crippen LogP contribution in [-0.2, 0) is 4.74 Å². The van der Waals surface area contributed by atoms with E-state index in [0.717, 1.165) is 18.6 Å². The van der Waals surface area contributed by atoms with Gasteiger partial charge in [0.05, 0.1) is 37.7 Å². The number of aromatic nitrogens is 4. The Bertz CT molecular complexity index is 550. The smallest absolute Gasteiger partial charge is 0.157 e. The van der Waals surface area contributed by atoms with Gasteiger partial charge in [-0.1, -0.05) is 0 Å². The molecule has 7 heteroatoms. The fraction of sp³-hybridized carbons (Fsp3) is 0.571. The Balaban J connectivity index is 1.29. The van der Waals surface area contributed by atoms with E-state index in [4.69, 9.17) is 9.47 Å². The third-order valence-electron chi connectivity index (χ3n) is 4.25. The lowest BCUT2D eigenvalue weighted by atomic mass is 9.86. The minimum absolute atomic E-state index is 0.0475. The van der Waals surface area contributed by atoms with E-state index in [-0.39, 0.29) is 12.1 Å². The summed E-state index contributed by atoms with van der Waals surface area (Å²) >= 11 is 0. The summed E-state index contributed by atoms with van der Waals surface area (Å²) in [6.45, 7) is 1.32. The molecule has 2 atom stereocenters. The van der Waals surface area contributed by atoms with Crippen LogP contribution in [0.25, 0.3) is 0 Å². The van der Waals surface area contributed by atoms with Crippen molar-refractivity contribution >= 4 is 0 Å². The third-order valence-corrected chi connectivity index (χ3v) is 4.25. The number of hydrogen-bond acceptors (Lipinski definition) is 5. The van der Waals surface area contributed by atoms with Crippen LogP contribution in [0.5, 0.6) is 5.75 Å². The molecule has 7 nitrogen and oxygen atoms in total. The molecule has 2 aliphatic rings. The predicted molar refractivity (Wildman–Crippen MR) is 75.0 cm³/mol. The molecule has 4 rings (SSSR count). The summed E-state index contributed by atoms with van der Waals surface area (Å²) < 4.78 is 13.5. The van der Waals surface area contributed by atoms with E-state index in [1.165, 1.54) is 0 Å². The first-order valence-electron chi connectivity index (χ1n) is 7.37. The number of rotatable bonds is 5. The average molecular weight is 289 g/mol. The van der Waals surface area contributed by atoms with Crippen molar-refractivity contribution in [3.05, 3.63) is 30.9 Å². The molecular weight excluding hydrogens is 270 g/mol. The molecule has 0 bridgehead atoms. The van der Waals surface area contributed by atoms with Gasteiger partial charge in [0.25, 0.3) is 0 Å². The molecule has 2 aromatic heterocycles. The van der Waals surface area contributed by atoms with Gasteiger partial charge in [-0.05, 0) is 18.9 Å². The lowest BCUT2D eigenvalue weighted by Gasteiger charge is -2.38. The first-order chi connectivity index (χ1) is 10.4. The standard InChI is InChI=1S/C14H19N5O2/c1-2-17-19(3-1)11-4-10(5-11)18-13-8-20-9-14(13)21-12-6-15-16-7-12/h1-3,6-7,10-11,13-14,18H,4-5,8-9H2,(H,15,16)/t10?,11?,13-,14+/m0/s1. The van der Waals surface area contributed by atoms with E-state index in [9.17, 15) is 0 Å². The topological polar surface area (TPSA) is 77.0 Å². The van der Waals surface area contributed by atoms with Gasteiger partial charge in [-0.25, -0.2) is 0 Å². The molecule has 3 heterocycles. The first kappa shape index (κ1) is 12.8. The molecule has 0 radical (unpaired) electrons. The second-order valence-corrected chi connectivity index (χ2v) is 5.71. The van der Waals surface area contributed by atoms with Crippen LogP contribution in [0.3, 0.4) is 0 Å². The Morgan fingerprint density at radius 3 is 3.10 bits per heavy atom. The first-order valence-corrected chi connectivity index (χ1v) is 7.37. The van der Waals surface area contributed by atoms with Crippen molar-refractivity contribution in [3.8, 4) is 5.75 Å². The van der Waals surface area contributed by atoms with Crippen LogP contribution in [0.4, 0.5) is 0 Å². The Labute approximate surface area is 122 Å².